The van der Waals surface area contributed by atoms with Gasteiger partial charge in [-0.15, -0.1) is 11.8 Å². The molecule has 0 aromatic rings. The Morgan fingerprint density at radius 3 is 2.50 bits per heavy atom. The zero-order chi connectivity index (χ0) is 7.82. The summed E-state index contributed by atoms with van der Waals surface area (Å²) in [7, 11) is 0. The molecule has 0 aromatic carbocycles. The van der Waals surface area contributed by atoms with Gasteiger partial charge in [0.2, 0.25) is 0 Å². The molecule has 0 aliphatic heterocycles. The van der Waals surface area contributed by atoms with E-state index in [0.29, 0.717) is 0 Å². The molecule has 0 aromatic heterocycles. The third-order valence-electron chi connectivity index (χ3n) is 1.12. The smallest absolute Gasteiger partial charge is 0.0123 e. The van der Waals surface area contributed by atoms with Gasteiger partial charge in [0.05, 0.1) is 0 Å². The van der Waals surface area contributed by atoms with Crippen molar-refractivity contribution in [1.29, 1.82) is 0 Å². The van der Waals surface area contributed by atoms with Crippen LogP contribution in [0.4, 0.5) is 0 Å². The van der Waals surface area contributed by atoms with E-state index in [1.165, 1.54) is 5.57 Å². The molecule has 0 aliphatic rings. The van der Waals surface area contributed by atoms with Gasteiger partial charge in [-0.3, -0.25) is 0 Å². The summed E-state index contributed by atoms with van der Waals surface area (Å²) >= 11 is 0. The monoisotopic (exact) mass is 136 g/mol. The number of hydrogen-bond acceptors (Lipinski definition) is 0. The van der Waals surface area contributed by atoms with Crippen molar-refractivity contribution in [3.8, 4) is 11.8 Å². The maximum absolute atomic E-state index is 3.10. The van der Waals surface area contributed by atoms with E-state index in [2.05, 4.69) is 38.7 Å². The molecular weight excluding hydrogens is 120 g/mol. The molecule has 0 fully saturated rings. The van der Waals surface area contributed by atoms with Gasteiger partial charge in [-0.05, 0) is 20.3 Å². The van der Waals surface area contributed by atoms with E-state index >= 15 is 0 Å². The summed E-state index contributed by atoms with van der Waals surface area (Å²) in [6, 6.07) is 0. The zero-order valence-electron chi connectivity index (χ0n) is 7.20. The van der Waals surface area contributed by atoms with E-state index in [9.17, 15) is 0 Å². The molecule has 0 aliphatic carbocycles. The lowest BCUT2D eigenvalue weighted by Crippen LogP contribution is -1.68. The fraction of sp³-hybridized carbons (Fsp3) is 0.600. The summed E-state index contributed by atoms with van der Waals surface area (Å²) in [5.74, 6) is 6.14. The second-order valence-corrected chi connectivity index (χ2v) is 2.53. The molecule has 0 bridgehead atoms. The lowest BCUT2D eigenvalue weighted by molar-refractivity contribution is 1.06. The van der Waals surface area contributed by atoms with Crippen LogP contribution >= 0.6 is 0 Å². The van der Waals surface area contributed by atoms with E-state index in [-0.39, 0.29) is 0 Å². The van der Waals surface area contributed by atoms with Crippen LogP contribution in [0.3, 0.4) is 0 Å². The Bertz CT molecular complexity index is 149. The van der Waals surface area contributed by atoms with Crippen molar-refractivity contribution in [2.45, 2.75) is 40.0 Å². The van der Waals surface area contributed by atoms with Gasteiger partial charge in [0.25, 0.3) is 0 Å². The van der Waals surface area contributed by atoms with Crippen molar-refractivity contribution in [2.24, 2.45) is 0 Å². The highest BCUT2D eigenvalue weighted by molar-refractivity contribution is 5.01. The van der Waals surface area contributed by atoms with Gasteiger partial charge in [-0.25, -0.2) is 0 Å². The van der Waals surface area contributed by atoms with Crippen molar-refractivity contribution < 1.29 is 0 Å². The second kappa shape index (κ2) is 6.42. The van der Waals surface area contributed by atoms with Crippen molar-refractivity contribution in [1.82, 2.24) is 0 Å². The van der Waals surface area contributed by atoms with Gasteiger partial charge in [-0.2, -0.15) is 0 Å². The predicted molar refractivity (Wildman–Crippen MR) is 46.7 cm³/mol. The normalized spacial score (nSPS) is 7.90. The molecule has 0 saturated carbocycles. The van der Waals surface area contributed by atoms with Crippen molar-refractivity contribution >= 4 is 0 Å². The minimum atomic E-state index is 0.981. The van der Waals surface area contributed by atoms with Crippen molar-refractivity contribution in [3.05, 3.63) is 11.6 Å². The van der Waals surface area contributed by atoms with E-state index in [1.807, 2.05) is 0 Å². The Hall–Kier alpha value is -0.700. The quantitative estimate of drug-likeness (QED) is 0.311. The van der Waals surface area contributed by atoms with Crippen LogP contribution in [0.25, 0.3) is 0 Å². The van der Waals surface area contributed by atoms with E-state index in [4.69, 9.17) is 0 Å². The first kappa shape index (κ1) is 9.30. The van der Waals surface area contributed by atoms with Gasteiger partial charge >= 0.3 is 0 Å². The molecular formula is C10H16. The average Bonchev–Trinajstić information content (AvgIpc) is 1.87. The van der Waals surface area contributed by atoms with Crippen LogP contribution in [0.1, 0.15) is 40.0 Å². The Kier molecular flexibility index (Phi) is 5.97. The number of allylic oxidation sites excluding steroid dienone is 2. The molecule has 0 heteroatoms. The molecule has 0 N–H and O–H groups in total. The molecule has 0 amide bonds. The van der Waals surface area contributed by atoms with Crippen molar-refractivity contribution in [3.63, 3.8) is 0 Å². The first-order chi connectivity index (χ1) is 4.77. The molecule has 0 spiro atoms. The van der Waals surface area contributed by atoms with Gasteiger partial charge in [-0.1, -0.05) is 18.6 Å². The summed E-state index contributed by atoms with van der Waals surface area (Å²) in [5, 5.41) is 0. The molecule has 10 heavy (non-hydrogen) atoms. The van der Waals surface area contributed by atoms with Crippen LogP contribution < -0.4 is 0 Å². The number of unbranched alkanes of at least 4 members (excludes halogenated alkanes) is 1. The Labute approximate surface area is 64.3 Å². The van der Waals surface area contributed by atoms with E-state index < -0.39 is 0 Å². The zero-order valence-corrected chi connectivity index (χ0v) is 7.20. The predicted octanol–water partition coefficient (Wildman–Crippen LogP) is 3.15. The molecule has 0 heterocycles. The van der Waals surface area contributed by atoms with Gasteiger partial charge < -0.3 is 0 Å². The van der Waals surface area contributed by atoms with Crippen LogP contribution in [-0.2, 0) is 0 Å². The minimum absolute atomic E-state index is 0.981. The van der Waals surface area contributed by atoms with Gasteiger partial charge in [0, 0.05) is 12.8 Å². The summed E-state index contributed by atoms with van der Waals surface area (Å²) in [4.78, 5) is 0. The molecule has 56 valence electrons. The molecule has 0 nitrogen and oxygen atoms in total. The highest BCUT2D eigenvalue weighted by Gasteiger charge is 1.76. The number of hydrogen-bond donors (Lipinski definition) is 0. The minimum Gasteiger partial charge on any atom is -0.104 e. The fourth-order valence-corrected chi connectivity index (χ4v) is 0.646. The Morgan fingerprint density at radius 1 is 1.30 bits per heavy atom. The van der Waals surface area contributed by atoms with E-state index in [0.717, 1.165) is 19.3 Å². The third kappa shape index (κ3) is 7.30. The van der Waals surface area contributed by atoms with Crippen LogP contribution in [-0.4, -0.2) is 0 Å². The third-order valence-corrected chi connectivity index (χ3v) is 1.12. The van der Waals surface area contributed by atoms with Crippen molar-refractivity contribution in [2.75, 3.05) is 0 Å². The lowest BCUT2D eigenvalue weighted by Gasteiger charge is -1.86. The Balaban J connectivity index is 3.29. The van der Waals surface area contributed by atoms with Crippen LogP contribution in [0.15, 0.2) is 11.6 Å². The summed E-state index contributed by atoms with van der Waals surface area (Å²) < 4.78 is 0. The summed E-state index contributed by atoms with van der Waals surface area (Å²) in [6.07, 6.45) is 5.33. The lowest BCUT2D eigenvalue weighted by atomic mass is 10.2. The molecule has 0 atom stereocenters. The van der Waals surface area contributed by atoms with E-state index in [1.54, 1.807) is 0 Å². The summed E-state index contributed by atoms with van der Waals surface area (Å²) in [6.45, 7) is 6.31. The highest BCUT2D eigenvalue weighted by Crippen LogP contribution is 1.95. The maximum Gasteiger partial charge on any atom is 0.0123 e. The van der Waals surface area contributed by atoms with Crippen LogP contribution in [0.5, 0.6) is 0 Å². The number of rotatable bonds is 2. The largest absolute Gasteiger partial charge is 0.104 e. The molecule has 0 radical (unpaired) electrons. The topological polar surface area (TPSA) is 0 Å². The first-order valence-corrected chi connectivity index (χ1v) is 3.86. The standard InChI is InChI=1S/C10H16/c1-4-5-6-7-8-9-10(2)3/h9H,4,7-8H2,1-3H3. The van der Waals surface area contributed by atoms with Crippen LogP contribution in [0.2, 0.25) is 0 Å². The molecule has 0 rings (SSSR count). The highest BCUT2D eigenvalue weighted by atomic mass is 13.8. The SMILES string of the molecule is CCC#CCCC=C(C)C. The van der Waals surface area contributed by atoms with Gasteiger partial charge in [0.1, 0.15) is 0 Å². The van der Waals surface area contributed by atoms with Gasteiger partial charge in [0.15, 0.2) is 0 Å². The fourth-order valence-electron chi connectivity index (χ4n) is 0.646. The summed E-state index contributed by atoms with van der Waals surface area (Å²) in [5.41, 5.74) is 1.39. The van der Waals surface area contributed by atoms with Crippen LogP contribution in [0, 0.1) is 11.8 Å². The maximum atomic E-state index is 3.10. The molecule has 0 saturated heterocycles. The Morgan fingerprint density at radius 2 is 2.00 bits per heavy atom. The average molecular weight is 136 g/mol. The first-order valence-electron chi connectivity index (χ1n) is 3.86. The second-order valence-electron chi connectivity index (χ2n) is 2.53. The molecule has 0 unspecified atom stereocenters.